The minimum absolute atomic E-state index is 0.209. The van der Waals surface area contributed by atoms with E-state index in [9.17, 15) is 4.79 Å². The van der Waals surface area contributed by atoms with Crippen LogP contribution in [-0.4, -0.2) is 40.8 Å². The van der Waals surface area contributed by atoms with Crippen LogP contribution in [-0.2, 0) is 11.2 Å². The number of amides is 1. The Morgan fingerprint density at radius 1 is 1.56 bits per heavy atom. The van der Waals surface area contributed by atoms with Crippen molar-refractivity contribution in [3.63, 3.8) is 0 Å². The highest BCUT2D eigenvalue weighted by Gasteiger charge is 2.21. The Hall–Kier alpha value is -1.43. The summed E-state index contributed by atoms with van der Waals surface area (Å²) < 4.78 is 5.42. The van der Waals surface area contributed by atoms with Crippen molar-refractivity contribution in [2.75, 3.05) is 19.8 Å². The number of rotatable bonds is 8. The minimum atomic E-state index is -0.247. The number of H-pyrrole nitrogens is 1. The quantitative estimate of drug-likeness (QED) is 0.674. The Morgan fingerprint density at radius 2 is 2.39 bits per heavy atom. The first-order valence-corrected chi connectivity index (χ1v) is 6.56. The molecule has 1 aromatic rings. The fraction of sp³-hybridized carbons (Fsp3) is 0.750. The summed E-state index contributed by atoms with van der Waals surface area (Å²) in [4.78, 5) is 15.8. The average molecular weight is 252 g/mol. The molecule has 0 saturated heterocycles. The molecule has 1 aliphatic carbocycles. The fourth-order valence-corrected chi connectivity index (χ4v) is 1.60. The van der Waals surface area contributed by atoms with Crippen molar-refractivity contribution in [2.24, 2.45) is 5.92 Å². The van der Waals surface area contributed by atoms with Crippen molar-refractivity contribution in [1.82, 2.24) is 20.5 Å². The van der Waals surface area contributed by atoms with Crippen LogP contribution < -0.4 is 5.32 Å². The zero-order valence-electron chi connectivity index (χ0n) is 10.7. The van der Waals surface area contributed by atoms with Crippen LogP contribution in [0, 0.1) is 5.92 Å². The van der Waals surface area contributed by atoms with E-state index >= 15 is 0 Å². The van der Waals surface area contributed by atoms with Crippen LogP contribution in [0.4, 0.5) is 0 Å². The number of nitrogens with zero attached hydrogens (tertiary/aromatic N) is 2. The summed E-state index contributed by atoms with van der Waals surface area (Å²) in [6.07, 6.45) is 4.35. The van der Waals surface area contributed by atoms with E-state index in [1.54, 1.807) is 0 Å². The van der Waals surface area contributed by atoms with Gasteiger partial charge in [-0.25, -0.2) is 4.98 Å². The third-order valence-corrected chi connectivity index (χ3v) is 2.80. The van der Waals surface area contributed by atoms with E-state index in [-0.39, 0.29) is 11.7 Å². The lowest BCUT2D eigenvalue weighted by atomic mass is 10.3. The van der Waals surface area contributed by atoms with E-state index in [4.69, 9.17) is 4.74 Å². The SMILES string of the molecule is CCCc1nc(C(=O)NCCOCC2CC2)n[nH]1. The highest BCUT2D eigenvalue weighted by Crippen LogP contribution is 2.28. The number of nitrogens with one attached hydrogen (secondary N) is 2. The molecule has 18 heavy (non-hydrogen) atoms. The molecule has 1 aliphatic rings. The normalized spacial score (nSPS) is 14.7. The number of aryl methyl sites for hydroxylation is 1. The largest absolute Gasteiger partial charge is 0.379 e. The standard InChI is InChI=1S/C12H20N4O2/c1-2-3-10-14-11(16-15-10)12(17)13-6-7-18-8-9-4-5-9/h9H,2-8H2,1H3,(H,13,17)(H,14,15,16). The molecule has 1 heterocycles. The first-order chi connectivity index (χ1) is 8.79. The maximum atomic E-state index is 11.7. The van der Waals surface area contributed by atoms with Gasteiger partial charge in [0.25, 0.3) is 5.91 Å². The molecule has 0 unspecified atom stereocenters. The second-order valence-corrected chi connectivity index (χ2v) is 4.63. The second kappa shape index (κ2) is 6.49. The molecule has 1 saturated carbocycles. The Bertz CT molecular complexity index is 387. The van der Waals surface area contributed by atoms with Crippen LogP contribution in [0.25, 0.3) is 0 Å². The Kier molecular flexibility index (Phi) is 4.69. The molecule has 0 aromatic carbocycles. The summed E-state index contributed by atoms with van der Waals surface area (Å²) in [5, 5.41) is 9.38. The van der Waals surface area contributed by atoms with E-state index < -0.39 is 0 Å². The van der Waals surface area contributed by atoms with E-state index in [0.717, 1.165) is 31.2 Å². The fourth-order valence-electron chi connectivity index (χ4n) is 1.60. The summed E-state index contributed by atoms with van der Waals surface area (Å²) in [6.45, 7) is 3.92. The van der Waals surface area contributed by atoms with Crippen molar-refractivity contribution >= 4 is 5.91 Å². The van der Waals surface area contributed by atoms with Gasteiger partial charge in [0.05, 0.1) is 6.61 Å². The van der Waals surface area contributed by atoms with Gasteiger partial charge in [-0.1, -0.05) is 6.92 Å². The summed E-state index contributed by atoms with van der Waals surface area (Å²) in [7, 11) is 0. The molecule has 100 valence electrons. The maximum Gasteiger partial charge on any atom is 0.291 e. The van der Waals surface area contributed by atoms with Crippen LogP contribution in [0.3, 0.4) is 0 Å². The molecule has 1 aromatic heterocycles. The number of hydrogen-bond acceptors (Lipinski definition) is 4. The molecule has 0 spiro atoms. The van der Waals surface area contributed by atoms with Gasteiger partial charge in [0.1, 0.15) is 5.82 Å². The highest BCUT2D eigenvalue weighted by atomic mass is 16.5. The predicted molar refractivity (Wildman–Crippen MR) is 66.3 cm³/mol. The van der Waals surface area contributed by atoms with Gasteiger partial charge in [0, 0.05) is 19.6 Å². The summed E-state index contributed by atoms with van der Waals surface area (Å²) >= 11 is 0. The molecule has 1 fully saturated rings. The molecule has 6 heteroatoms. The van der Waals surface area contributed by atoms with E-state index in [1.165, 1.54) is 12.8 Å². The molecule has 0 radical (unpaired) electrons. The average Bonchev–Trinajstić information content (AvgIpc) is 3.07. The van der Waals surface area contributed by atoms with Gasteiger partial charge in [-0.2, -0.15) is 0 Å². The van der Waals surface area contributed by atoms with Crippen LogP contribution >= 0.6 is 0 Å². The summed E-state index contributed by atoms with van der Waals surface area (Å²) in [5.41, 5.74) is 0. The van der Waals surface area contributed by atoms with Crippen LogP contribution in [0.5, 0.6) is 0 Å². The summed E-state index contributed by atoms with van der Waals surface area (Å²) in [5.74, 6) is 1.47. The minimum Gasteiger partial charge on any atom is -0.379 e. The molecule has 0 bridgehead atoms. The van der Waals surface area contributed by atoms with Crippen molar-refractivity contribution in [3.8, 4) is 0 Å². The molecule has 2 rings (SSSR count). The van der Waals surface area contributed by atoms with Gasteiger partial charge in [0.2, 0.25) is 5.82 Å². The molecular weight excluding hydrogens is 232 g/mol. The molecule has 0 atom stereocenters. The predicted octanol–water partition coefficient (Wildman–Crippen LogP) is 0.914. The first-order valence-electron chi connectivity index (χ1n) is 6.56. The molecular formula is C12H20N4O2. The summed E-state index contributed by atoms with van der Waals surface area (Å²) in [6, 6.07) is 0. The zero-order chi connectivity index (χ0) is 12.8. The number of carbonyl (C=O) groups excluding carboxylic acids is 1. The maximum absolute atomic E-state index is 11.7. The third kappa shape index (κ3) is 4.10. The molecule has 2 N–H and O–H groups in total. The van der Waals surface area contributed by atoms with Crippen LogP contribution in [0.1, 0.15) is 42.6 Å². The molecule has 1 amide bonds. The Morgan fingerprint density at radius 3 is 3.11 bits per heavy atom. The van der Waals surface area contributed by atoms with E-state index in [0.29, 0.717) is 13.2 Å². The van der Waals surface area contributed by atoms with Crippen molar-refractivity contribution in [3.05, 3.63) is 11.6 Å². The number of carbonyl (C=O) groups is 1. The van der Waals surface area contributed by atoms with Gasteiger partial charge in [0.15, 0.2) is 0 Å². The number of hydrogen-bond donors (Lipinski definition) is 2. The zero-order valence-corrected chi connectivity index (χ0v) is 10.7. The first kappa shape index (κ1) is 13.0. The van der Waals surface area contributed by atoms with Gasteiger partial charge >= 0.3 is 0 Å². The van der Waals surface area contributed by atoms with Crippen molar-refractivity contribution in [1.29, 1.82) is 0 Å². The van der Waals surface area contributed by atoms with Gasteiger partial charge in [-0.3, -0.25) is 9.89 Å². The number of aromatic nitrogens is 3. The van der Waals surface area contributed by atoms with Gasteiger partial charge in [-0.15, -0.1) is 5.10 Å². The number of ether oxygens (including phenoxy) is 1. The topological polar surface area (TPSA) is 79.9 Å². The van der Waals surface area contributed by atoms with Gasteiger partial charge < -0.3 is 10.1 Å². The van der Waals surface area contributed by atoms with Crippen LogP contribution in [0.15, 0.2) is 0 Å². The highest BCUT2D eigenvalue weighted by molar-refractivity contribution is 5.90. The molecule has 0 aliphatic heterocycles. The Labute approximate surface area is 107 Å². The van der Waals surface area contributed by atoms with Crippen molar-refractivity contribution in [2.45, 2.75) is 32.6 Å². The lowest BCUT2D eigenvalue weighted by Gasteiger charge is -2.03. The van der Waals surface area contributed by atoms with E-state index in [2.05, 4.69) is 27.4 Å². The van der Waals surface area contributed by atoms with Crippen molar-refractivity contribution < 1.29 is 9.53 Å². The molecule has 6 nitrogen and oxygen atoms in total. The Balaban J connectivity index is 1.62. The number of aromatic amines is 1. The van der Waals surface area contributed by atoms with Crippen LogP contribution in [0.2, 0.25) is 0 Å². The smallest absolute Gasteiger partial charge is 0.291 e. The lowest BCUT2D eigenvalue weighted by molar-refractivity contribution is 0.0897. The van der Waals surface area contributed by atoms with Gasteiger partial charge in [-0.05, 0) is 25.2 Å². The third-order valence-electron chi connectivity index (χ3n) is 2.80. The monoisotopic (exact) mass is 252 g/mol. The second-order valence-electron chi connectivity index (χ2n) is 4.63. The lowest BCUT2D eigenvalue weighted by Crippen LogP contribution is -2.28. The van der Waals surface area contributed by atoms with E-state index in [1.807, 2.05) is 0 Å².